The van der Waals surface area contributed by atoms with E-state index in [1.807, 2.05) is 24.3 Å². The quantitative estimate of drug-likeness (QED) is 0.744. The van der Waals surface area contributed by atoms with Crippen LogP contribution in [0.3, 0.4) is 0 Å². The standard InChI is InChI=1S/C12H13NO/c1-8-6-7-13-12-10(8)4-3-5-11(12)9(2)14/h3-7,9,14H,1-2H3. The molecule has 0 aliphatic heterocycles. The van der Waals surface area contributed by atoms with Gasteiger partial charge >= 0.3 is 0 Å². The zero-order chi connectivity index (χ0) is 10.1. The predicted octanol–water partition coefficient (Wildman–Crippen LogP) is 2.60. The number of fused-ring (bicyclic) bond motifs is 1. The van der Waals surface area contributed by atoms with Crippen molar-refractivity contribution in [1.82, 2.24) is 4.98 Å². The van der Waals surface area contributed by atoms with Crippen molar-refractivity contribution >= 4 is 10.9 Å². The normalized spacial score (nSPS) is 13.1. The molecule has 1 atom stereocenters. The maximum atomic E-state index is 9.57. The number of aryl methyl sites for hydroxylation is 1. The van der Waals surface area contributed by atoms with Crippen molar-refractivity contribution in [2.75, 3.05) is 0 Å². The summed E-state index contributed by atoms with van der Waals surface area (Å²) in [6.45, 7) is 3.81. The topological polar surface area (TPSA) is 33.1 Å². The van der Waals surface area contributed by atoms with Crippen LogP contribution < -0.4 is 0 Å². The van der Waals surface area contributed by atoms with Gasteiger partial charge in [0, 0.05) is 17.1 Å². The number of rotatable bonds is 1. The minimum Gasteiger partial charge on any atom is -0.389 e. The second kappa shape index (κ2) is 3.39. The summed E-state index contributed by atoms with van der Waals surface area (Å²) in [6.07, 6.45) is 1.32. The molecule has 14 heavy (non-hydrogen) atoms. The van der Waals surface area contributed by atoms with Crippen molar-refractivity contribution in [3.8, 4) is 0 Å². The molecule has 2 heteroatoms. The minimum atomic E-state index is -0.465. The maximum Gasteiger partial charge on any atom is 0.0783 e. The van der Waals surface area contributed by atoms with Crippen molar-refractivity contribution in [3.63, 3.8) is 0 Å². The fourth-order valence-electron chi connectivity index (χ4n) is 1.67. The molecule has 2 rings (SSSR count). The monoisotopic (exact) mass is 187 g/mol. The lowest BCUT2D eigenvalue weighted by atomic mass is 10.0. The van der Waals surface area contributed by atoms with Crippen LogP contribution >= 0.6 is 0 Å². The van der Waals surface area contributed by atoms with E-state index < -0.39 is 6.10 Å². The van der Waals surface area contributed by atoms with Crippen molar-refractivity contribution in [2.24, 2.45) is 0 Å². The van der Waals surface area contributed by atoms with Gasteiger partial charge in [-0.3, -0.25) is 4.98 Å². The van der Waals surface area contributed by atoms with E-state index in [4.69, 9.17) is 0 Å². The van der Waals surface area contributed by atoms with E-state index in [1.54, 1.807) is 13.1 Å². The van der Waals surface area contributed by atoms with Gasteiger partial charge in [0.1, 0.15) is 0 Å². The molecule has 2 nitrogen and oxygen atoms in total. The highest BCUT2D eigenvalue weighted by Gasteiger charge is 2.07. The fourth-order valence-corrected chi connectivity index (χ4v) is 1.67. The van der Waals surface area contributed by atoms with Crippen LogP contribution in [0.5, 0.6) is 0 Å². The Hall–Kier alpha value is -1.41. The first-order chi connectivity index (χ1) is 6.70. The zero-order valence-corrected chi connectivity index (χ0v) is 8.36. The van der Waals surface area contributed by atoms with Gasteiger partial charge < -0.3 is 5.11 Å². The summed E-state index contributed by atoms with van der Waals surface area (Å²) in [5.41, 5.74) is 2.99. The fraction of sp³-hybridized carbons (Fsp3) is 0.250. The van der Waals surface area contributed by atoms with Crippen molar-refractivity contribution in [1.29, 1.82) is 0 Å². The molecule has 0 bridgehead atoms. The van der Waals surface area contributed by atoms with E-state index >= 15 is 0 Å². The largest absolute Gasteiger partial charge is 0.389 e. The van der Waals surface area contributed by atoms with Crippen LogP contribution in [0.25, 0.3) is 10.9 Å². The van der Waals surface area contributed by atoms with Gasteiger partial charge in [0.25, 0.3) is 0 Å². The molecule has 0 aliphatic rings. The lowest BCUT2D eigenvalue weighted by Gasteiger charge is -2.09. The summed E-state index contributed by atoms with van der Waals surface area (Å²) in [5.74, 6) is 0. The summed E-state index contributed by atoms with van der Waals surface area (Å²) >= 11 is 0. The van der Waals surface area contributed by atoms with Gasteiger partial charge in [-0.25, -0.2) is 0 Å². The van der Waals surface area contributed by atoms with Crippen LogP contribution in [0.4, 0.5) is 0 Å². The van der Waals surface area contributed by atoms with E-state index in [2.05, 4.69) is 11.9 Å². The average Bonchev–Trinajstić information content (AvgIpc) is 2.17. The van der Waals surface area contributed by atoms with Gasteiger partial charge in [-0.1, -0.05) is 18.2 Å². The number of aliphatic hydroxyl groups excluding tert-OH is 1. The van der Waals surface area contributed by atoms with E-state index in [0.29, 0.717) is 0 Å². The Morgan fingerprint density at radius 2 is 2.07 bits per heavy atom. The Morgan fingerprint density at radius 1 is 1.29 bits per heavy atom. The van der Waals surface area contributed by atoms with Gasteiger partial charge in [0.15, 0.2) is 0 Å². The number of hydrogen-bond acceptors (Lipinski definition) is 2. The van der Waals surface area contributed by atoms with Gasteiger partial charge in [-0.15, -0.1) is 0 Å². The molecule has 0 amide bonds. The van der Waals surface area contributed by atoms with Crippen molar-refractivity contribution in [3.05, 3.63) is 41.6 Å². The molecule has 0 radical (unpaired) electrons. The maximum absolute atomic E-state index is 9.57. The molecule has 1 N–H and O–H groups in total. The van der Waals surface area contributed by atoms with Gasteiger partial charge in [0.2, 0.25) is 0 Å². The number of nitrogens with zero attached hydrogens (tertiary/aromatic N) is 1. The van der Waals surface area contributed by atoms with Crippen LogP contribution in [0.15, 0.2) is 30.5 Å². The molecule has 2 aromatic rings. The Labute approximate surface area is 83.2 Å². The highest BCUT2D eigenvalue weighted by atomic mass is 16.3. The molecular formula is C12H13NO. The zero-order valence-electron chi connectivity index (χ0n) is 8.36. The van der Waals surface area contributed by atoms with E-state index in [-0.39, 0.29) is 0 Å². The minimum absolute atomic E-state index is 0.465. The van der Waals surface area contributed by atoms with E-state index in [0.717, 1.165) is 16.5 Å². The van der Waals surface area contributed by atoms with Gasteiger partial charge in [-0.2, -0.15) is 0 Å². The van der Waals surface area contributed by atoms with Crippen molar-refractivity contribution in [2.45, 2.75) is 20.0 Å². The SMILES string of the molecule is Cc1ccnc2c(C(C)O)cccc12. The molecule has 0 spiro atoms. The molecular weight excluding hydrogens is 174 g/mol. The van der Waals surface area contributed by atoms with Crippen LogP contribution in [0, 0.1) is 6.92 Å². The molecule has 1 aromatic carbocycles. The average molecular weight is 187 g/mol. The lowest BCUT2D eigenvalue weighted by Crippen LogP contribution is -1.94. The van der Waals surface area contributed by atoms with Crippen LogP contribution in [-0.2, 0) is 0 Å². The van der Waals surface area contributed by atoms with Gasteiger partial charge in [0.05, 0.1) is 11.6 Å². The number of benzene rings is 1. The molecule has 0 aliphatic carbocycles. The Balaban J connectivity index is 2.81. The summed E-state index contributed by atoms with van der Waals surface area (Å²) in [7, 11) is 0. The predicted molar refractivity (Wildman–Crippen MR) is 57.1 cm³/mol. The molecule has 0 saturated carbocycles. The van der Waals surface area contributed by atoms with Crippen LogP contribution in [0.1, 0.15) is 24.2 Å². The molecule has 1 unspecified atom stereocenters. The first-order valence-electron chi connectivity index (χ1n) is 4.72. The highest BCUT2D eigenvalue weighted by molar-refractivity contribution is 5.84. The summed E-state index contributed by atoms with van der Waals surface area (Å²) in [6, 6.07) is 7.89. The van der Waals surface area contributed by atoms with E-state index in [1.165, 1.54) is 5.56 Å². The first-order valence-corrected chi connectivity index (χ1v) is 4.72. The second-order valence-electron chi connectivity index (χ2n) is 3.55. The Kier molecular flexibility index (Phi) is 2.22. The lowest BCUT2D eigenvalue weighted by molar-refractivity contribution is 0.200. The van der Waals surface area contributed by atoms with Crippen molar-refractivity contribution < 1.29 is 5.11 Å². The highest BCUT2D eigenvalue weighted by Crippen LogP contribution is 2.23. The number of hydrogen-bond donors (Lipinski definition) is 1. The molecule has 1 heterocycles. The molecule has 0 fully saturated rings. The second-order valence-corrected chi connectivity index (χ2v) is 3.55. The third-order valence-corrected chi connectivity index (χ3v) is 2.47. The Bertz CT molecular complexity index is 463. The third-order valence-electron chi connectivity index (χ3n) is 2.47. The van der Waals surface area contributed by atoms with Crippen LogP contribution in [-0.4, -0.2) is 10.1 Å². The molecule has 0 saturated heterocycles. The number of pyridine rings is 1. The first kappa shape index (κ1) is 9.16. The number of aliphatic hydroxyl groups is 1. The summed E-state index contributed by atoms with van der Waals surface area (Å²) in [5, 5.41) is 10.7. The van der Waals surface area contributed by atoms with Gasteiger partial charge in [-0.05, 0) is 25.5 Å². The smallest absolute Gasteiger partial charge is 0.0783 e. The number of para-hydroxylation sites is 1. The summed E-state index contributed by atoms with van der Waals surface area (Å²) < 4.78 is 0. The third kappa shape index (κ3) is 1.38. The Morgan fingerprint density at radius 3 is 2.79 bits per heavy atom. The number of aromatic nitrogens is 1. The molecule has 72 valence electrons. The van der Waals surface area contributed by atoms with Crippen LogP contribution in [0.2, 0.25) is 0 Å². The summed E-state index contributed by atoms with van der Waals surface area (Å²) in [4.78, 5) is 4.30. The molecule has 1 aromatic heterocycles. The van der Waals surface area contributed by atoms with E-state index in [9.17, 15) is 5.11 Å².